The number of benzene rings is 2. The first-order valence-corrected chi connectivity index (χ1v) is 11.9. The maximum absolute atomic E-state index is 14.8. The largest absolute Gasteiger partial charge is 0.391 e. The number of ether oxygens (including phenoxy) is 1. The number of aliphatic hydroxyl groups is 1. The summed E-state index contributed by atoms with van der Waals surface area (Å²) in [5.41, 5.74) is 1.86. The summed E-state index contributed by atoms with van der Waals surface area (Å²) in [5, 5.41) is 10.3. The van der Waals surface area contributed by atoms with Crippen molar-refractivity contribution in [1.29, 1.82) is 1.43 Å². The molecule has 0 bridgehead atoms. The summed E-state index contributed by atoms with van der Waals surface area (Å²) in [6.07, 6.45) is -0.582. The number of aryl methyl sites for hydroxylation is 1. The molecule has 4 rings (SSSR count). The summed E-state index contributed by atoms with van der Waals surface area (Å²) in [5.74, 6) is -2.77. The Morgan fingerprint density at radius 1 is 1.29 bits per heavy atom. The molecule has 0 aliphatic carbocycles. The van der Waals surface area contributed by atoms with Crippen molar-refractivity contribution < 1.29 is 28.2 Å². The van der Waals surface area contributed by atoms with Crippen LogP contribution < -0.4 is 10.6 Å². The molecule has 2 saturated heterocycles. The molecule has 2 amide bonds. The van der Waals surface area contributed by atoms with Crippen molar-refractivity contribution in [2.24, 2.45) is 5.92 Å². The van der Waals surface area contributed by atoms with Gasteiger partial charge in [0.25, 0.3) is 5.91 Å². The Balaban J connectivity index is 1.62. The van der Waals surface area contributed by atoms with Gasteiger partial charge in [0.15, 0.2) is 0 Å². The minimum absolute atomic E-state index is 0.0427. The van der Waals surface area contributed by atoms with Gasteiger partial charge in [-0.15, -0.1) is 0 Å². The zero-order chi connectivity index (χ0) is 26.0. The Morgan fingerprint density at radius 2 is 2.06 bits per heavy atom. The first-order valence-electron chi connectivity index (χ1n) is 11.9. The van der Waals surface area contributed by atoms with Crippen LogP contribution in [0.2, 0.25) is 5.02 Å². The lowest BCUT2D eigenvalue weighted by Gasteiger charge is -2.36. The highest BCUT2D eigenvalue weighted by Gasteiger charge is 2.42. The highest BCUT2D eigenvalue weighted by molar-refractivity contribution is 6.30. The van der Waals surface area contributed by atoms with E-state index in [1.54, 1.807) is 12.1 Å². The van der Waals surface area contributed by atoms with Gasteiger partial charge in [0.2, 0.25) is 7.34 Å². The second-order valence-electron chi connectivity index (χ2n) is 8.98. The fourth-order valence-corrected chi connectivity index (χ4v) is 4.68. The van der Waals surface area contributed by atoms with Gasteiger partial charge in [0, 0.05) is 36.7 Å². The first-order chi connectivity index (χ1) is 17.2. The van der Waals surface area contributed by atoms with E-state index >= 15 is 0 Å². The molecule has 35 heavy (non-hydrogen) atoms. The van der Waals surface area contributed by atoms with E-state index in [9.17, 15) is 18.4 Å². The normalized spacial score (nSPS) is 21.3. The van der Waals surface area contributed by atoms with Crippen LogP contribution in [0.4, 0.5) is 14.5 Å². The highest BCUT2D eigenvalue weighted by atomic mass is 35.5. The fourth-order valence-electron chi connectivity index (χ4n) is 4.53. The third-order valence-corrected chi connectivity index (χ3v) is 6.70. The van der Waals surface area contributed by atoms with Gasteiger partial charge in [-0.2, -0.15) is 0 Å². The van der Waals surface area contributed by atoms with E-state index in [0.717, 1.165) is 17.7 Å². The molecule has 2 aromatic rings. The molecule has 2 heterocycles. The smallest absolute Gasteiger partial charge is 0.256 e. The molecule has 0 aromatic heterocycles. The van der Waals surface area contributed by atoms with Crippen molar-refractivity contribution in [2.45, 2.75) is 38.5 Å². The summed E-state index contributed by atoms with van der Waals surface area (Å²) in [4.78, 5) is 28.5. The Bertz CT molecular complexity index is 1150. The lowest BCUT2D eigenvalue weighted by molar-refractivity contribution is -0.128. The molecule has 2 aromatic carbocycles. The molecule has 2 fully saturated rings. The summed E-state index contributed by atoms with van der Waals surface area (Å²) in [6.45, 7) is 4.93. The number of carbonyl (C=O) groups excluding carboxylic acids is 2. The van der Waals surface area contributed by atoms with Crippen LogP contribution in [0.25, 0.3) is 0 Å². The molecule has 3 atom stereocenters. The number of hydrogen-bond donors (Lipinski definition) is 3. The number of anilines is 1. The van der Waals surface area contributed by atoms with E-state index in [0.29, 0.717) is 17.8 Å². The maximum atomic E-state index is 14.8. The average Bonchev–Trinajstić information content (AvgIpc) is 3.25. The zero-order valence-electron chi connectivity index (χ0n) is 20.4. The molecule has 0 radical (unpaired) electrons. The number of aliphatic hydroxyl groups excluding tert-OH is 1. The summed E-state index contributed by atoms with van der Waals surface area (Å²) >= 11 is 5.71. The fraction of sp³-hybridized carbons (Fsp3) is 0.440. The Labute approximate surface area is 208 Å². The Morgan fingerprint density at radius 3 is 2.71 bits per heavy atom. The number of β-amino-alcohol motifs (C(OH)–C–C–N with tert-alkyl or cyclic N) is 1. The SMILES string of the molecule is [2H]O[C@H]1C[C@@H](C(=O)N[C@@H](c2cc(F)c(Cl)cc2F)C2COC2)N(C(=O)c2cc(C)ccc2NCC)C1. The number of rotatable bonds is 8. The van der Waals surface area contributed by atoms with Gasteiger partial charge in [-0.25, -0.2) is 8.78 Å². The van der Waals surface area contributed by atoms with E-state index in [-0.39, 0.29) is 48.6 Å². The van der Waals surface area contributed by atoms with Crippen molar-refractivity contribution in [3.05, 3.63) is 63.7 Å². The van der Waals surface area contributed by atoms with Crippen LogP contribution in [-0.4, -0.2) is 61.7 Å². The third kappa shape index (κ3) is 5.27. The van der Waals surface area contributed by atoms with E-state index in [1.165, 1.54) is 4.90 Å². The number of halogens is 3. The molecule has 7 nitrogen and oxygen atoms in total. The molecule has 0 spiro atoms. The van der Waals surface area contributed by atoms with Crippen molar-refractivity contribution >= 4 is 29.1 Å². The van der Waals surface area contributed by atoms with Crippen LogP contribution in [0, 0.1) is 24.5 Å². The van der Waals surface area contributed by atoms with Gasteiger partial charge in [-0.05, 0) is 38.1 Å². The average molecular weight is 509 g/mol. The molecular formula is C25H28ClF2N3O4. The standard InChI is InChI=1S/C25H28ClF2N3O4/c1-3-29-21-5-4-13(2)6-17(21)25(34)31-10-15(32)7-22(31)24(33)30-23(14-11-35-12-14)16-8-20(28)18(26)9-19(16)27/h4-6,8-9,14-15,22-23,29,32H,3,7,10-12H2,1-2H3,(H,30,33)/t15-,22-,23+/m0/s1/i32D. The van der Waals surface area contributed by atoms with Gasteiger partial charge in [-0.3, -0.25) is 9.59 Å². The van der Waals surface area contributed by atoms with Gasteiger partial charge in [-0.1, -0.05) is 23.2 Å². The monoisotopic (exact) mass is 508 g/mol. The number of nitrogens with zero attached hydrogens (tertiary/aromatic N) is 1. The second-order valence-corrected chi connectivity index (χ2v) is 9.39. The number of amides is 2. The summed E-state index contributed by atoms with van der Waals surface area (Å²) < 4.78 is 41.5. The number of hydrogen-bond acceptors (Lipinski definition) is 5. The first kappa shape index (κ1) is 24.0. The van der Waals surface area contributed by atoms with Crippen LogP contribution >= 0.6 is 11.6 Å². The van der Waals surface area contributed by atoms with Crippen LogP contribution in [0.15, 0.2) is 30.3 Å². The van der Waals surface area contributed by atoms with Crippen LogP contribution in [0.1, 0.15) is 40.9 Å². The van der Waals surface area contributed by atoms with Crippen LogP contribution in [0.5, 0.6) is 0 Å². The highest BCUT2D eigenvalue weighted by Crippen LogP contribution is 2.33. The molecular weight excluding hydrogens is 480 g/mol. The van der Waals surface area contributed by atoms with Crippen molar-refractivity contribution in [1.82, 2.24) is 10.2 Å². The van der Waals surface area contributed by atoms with E-state index in [4.69, 9.17) is 22.9 Å². The van der Waals surface area contributed by atoms with Crippen molar-refractivity contribution in [2.75, 3.05) is 31.6 Å². The van der Waals surface area contributed by atoms with Crippen LogP contribution in [0.3, 0.4) is 0 Å². The zero-order valence-corrected chi connectivity index (χ0v) is 20.2. The third-order valence-electron chi connectivity index (χ3n) is 6.41. The topological polar surface area (TPSA) is 90.9 Å². The summed E-state index contributed by atoms with van der Waals surface area (Å²) in [7, 11) is 0. The maximum Gasteiger partial charge on any atom is 0.256 e. The second kappa shape index (κ2) is 10.5. The minimum Gasteiger partial charge on any atom is -0.391 e. The van der Waals surface area contributed by atoms with Gasteiger partial charge >= 0.3 is 0 Å². The van der Waals surface area contributed by atoms with Crippen LogP contribution in [-0.2, 0) is 9.53 Å². The van der Waals surface area contributed by atoms with Gasteiger partial charge in [0.05, 0.1) is 35.9 Å². The lowest BCUT2D eigenvalue weighted by atomic mass is 9.90. The molecule has 3 N–H and O–H groups in total. The Kier molecular flexibility index (Phi) is 7.17. The Hall–Kier alpha value is -2.75. The predicted molar refractivity (Wildman–Crippen MR) is 127 cm³/mol. The molecule has 0 unspecified atom stereocenters. The lowest BCUT2D eigenvalue weighted by Crippen LogP contribution is -2.50. The quantitative estimate of drug-likeness (QED) is 0.475. The number of nitrogens with one attached hydrogen (secondary N) is 2. The van der Waals surface area contributed by atoms with E-state index < -0.39 is 35.7 Å². The van der Waals surface area contributed by atoms with E-state index in [2.05, 4.69) is 10.6 Å². The molecule has 2 aliphatic rings. The van der Waals surface area contributed by atoms with Crippen molar-refractivity contribution in [3.63, 3.8) is 0 Å². The molecule has 10 heteroatoms. The minimum atomic E-state index is -0.966. The summed E-state index contributed by atoms with van der Waals surface area (Å²) in [6, 6.07) is 5.42. The molecule has 188 valence electrons. The number of carbonyl (C=O) groups is 2. The van der Waals surface area contributed by atoms with Gasteiger partial charge < -0.3 is 25.4 Å². The van der Waals surface area contributed by atoms with E-state index in [1.807, 2.05) is 19.9 Å². The molecule has 2 aliphatic heterocycles. The van der Waals surface area contributed by atoms with Gasteiger partial charge in [0.1, 0.15) is 17.7 Å². The predicted octanol–water partition coefficient (Wildman–Crippen LogP) is 3.44. The number of likely N-dealkylation sites (tertiary alicyclic amines) is 1. The molecule has 0 saturated carbocycles. The van der Waals surface area contributed by atoms with Crippen molar-refractivity contribution in [3.8, 4) is 0 Å².